The molecule has 620 valence electrons. The fourth-order valence-corrected chi connectivity index (χ4v) is 23.8. The van der Waals surface area contributed by atoms with E-state index in [-0.39, 0.29) is 0 Å². The molecule has 0 fully saturated rings. The van der Waals surface area contributed by atoms with E-state index in [9.17, 15) is 0 Å². The molecule has 0 aliphatic heterocycles. The Morgan fingerprint density at radius 2 is 0.252 bits per heavy atom. The number of hydrogen-bond acceptors (Lipinski definition) is 1. The van der Waals surface area contributed by atoms with Crippen LogP contribution < -0.4 is 0 Å². The Morgan fingerprint density at radius 1 is 0.146 bits per heavy atom. The molecule has 0 heterocycles. The molecule has 0 spiro atoms. The zero-order valence-electron chi connectivity index (χ0n) is 73.3. The van der Waals surface area contributed by atoms with Crippen LogP contribution in [0.25, 0.3) is 0 Å². The highest BCUT2D eigenvalue weighted by atomic mass is 32.2. The highest BCUT2D eigenvalue weighted by molar-refractivity contribution is 8.46. The van der Waals surface area contributed by atoms with Crippen molar-refractivity contribution in [2.45, 2.75) is 569 Å². The van der Waals surface area contributed by atoms with Gasteiger partial charge in [0.1, 0.15) is 0 Å². The number of nitrogens with zero attached hydrogens (tertiary/aromatic N) is 2. The smallest absolute Gasteiger partial charge is 0.0821 e. The van der Waals surface area contributed by atoms with Gasteiger partial charge in [-0.05, 0) is 74.4 Å². The summed E-state index contributed by atoms with van der Waals surface area (Å²) in [5.41, 5.74) is 0. The van der Waals surface area contributed by atoms with Gasteiger partial charge in [-0.25, -0.2) is 0 Å². The van der Waals surface area contributed by atoms with E-state index < -0.39 is 0 Å². The lowest BCUT2D eigenvalue weighted by atomic mass is 10.1. The third-order valence-electron chi connectivity index (χ3n) is 23.3. The third-order valence-corrected chi connectivity index (χ3v) is 30.7. The molecule has 0 N–H and O–H groups in total. The second-order valence-electron chi connectivity index (χ2n) is 33.9. The average Bonchev–Trinajstić information content (AvgIpc) is 0.834. The second kappa shape index (κ2) is 91.6. The zero-order valence-corrected chi connectivity index (χ0v) is 75.8. The Bertz CT molecular complexity index is 1410. The van der Waals surface area contributed by atoms with Crippen LogP contribution in [0, 0.1) is 0 Å². The molecule has 0 aromatic rings. The maximum absolute atomic E-state index is 3.26. The highest BCUT2D eigenvalue weighted by Gasteiger charge is 2.25. The Balaban J connectivity index is 8.38. The van der Waals surface area contributed by atoms with Gasteiger partial charge in [0.15, 0.2) is 0 Å². The van der Waals surface area contributed by atoms with E-state index in [0.717, 1.165) is 0 Å². The molecular weight excluding hydrogens is 1300 g/mol. The fourth-order valence-electron chi connectivity index (χ4n) is 16.0. The molecule has 103 heavy (non-hydrogen) atoms. The molecule has 0 aromatic carbocycles. The number of hydrogen-bond donors (Lipinski definition) is 0. The zero-order chi connectivity index (χ0) is 74.4. The van der Waals surface area contributed by atoms with Crippen molar-refractivity contribution < 1.29 is 0 Å². The second-order valence-corrected chi connectivity index (χ2v) is 39.7. The summed E-state index contributed by atoms with van der Waals surface area (Å²) in [4.78, 5) is 6.52. The summed E-state index contributed by atoms with van der Waals surface area (Å²) in [6, 6.07) is 0. The number of thioether (sulfide) groups is 1. The Morgan fingerprint density at radius 3 is 0.379 bits per heavy atom. The van der Waals surface area contributed by atoms with Crippen LogP contribution in [0.1, 0.15) is 569 Å². The van der Waals surface area contributed by atoms with E-state index >= 15 is 0 Å². The molecule has 0 aliphatic carbocycles. The third kappa shape index (κ3) is 76.5. The van der Waals surface area contributed by atoms with Gasteiger partial charge in [-0.1, -0.05) is 529 Å². The van der Waals surface area contributed by atoms with Crippen LogP contribution in [0.15, 0.2) is 0 Å². The minimum Gasteiger partial charge on any atom is -0.264 e. The predicted octanol–water partition coefficient (Wildman–Crippen LogP) is 36.4. The lowest BCUT2D eigenvalue weighted by Crippen LogP contribution is -2.37. The van der Waals surface area contributed by atoms with Crippen molar-refractivity contribution in [3.8, 4) is 0 Å². The summed E-state index contributed by atoms with van der Waals surface area (Å²) in [6.45, 7) is 24.3. The minimum atomic E-state index is 0.304. The summed E-state index contributed by atoms with van der Waals surface area (Å²) in [5, 5.41) is 0. The predicted molar refractivity (Wildman–Crippen MR) is 490 cm³/mol. The van der Waals surface area contributed by atoms with E-state index in [1.165, 1.54) is 563 Å². The normalized spacial score (nSPS) is 12.0. The first-order chi connectivity index (χ1) is 51.1. The van der Waals surface area contributed by atoms with Crippen LogP contribution in [-0.4, -0.2) is 67.6 Å². The summed E-state index contributed by atoms with van der Waals surface area (Å²) >= 11 is 2.58. The summed E-state index contributed by atoms with van der Waals surface area (Å²) in [7, 11) is 0.607. The maximum atomic E-state index is 3.26. The summed E-state index contributed by atoms with van der Waals surface area (Å²) in [5.74, 6) is 5.88. The molecule has 0 saturated heterocycles. The van der Waals surface area contributed by atoms with Gasteiger partial charge in [0.2, 0.25) is 0 Å². The van der Waals surface area contributed by atoms with Crippen LogP contribution in [0.4, 0.5) is 0 Å². The number of rotatable bonds is 88. The Hall–Kier alpha value is 0.710. The first kappa shape index (κ1) is 104. The molecule has 5 heteroatoms. The van der Waals surface area contributed by atoms with E-state index in [4.69, 9.17) is 0 Å². The molecule has 0 aromatic heterocycles. The SMILES string of the molecule is CCCCCCCCCCCCN(CCCCCCCCCCCC)C(SC(N(CCCCCCCCCCCC)CCCCCCCCCCCC)=S(CCCCCCCCCCCC)CCCCCCCCCCCC)=S(CCCCCCCCCCCC)CCCCCCCCCCCC. The standard InChI is InChI=1S/C98H200N2S3/c1-9-17-25-33-41-49-57-65-73-81-89-99(90-82-74-66-58-50-42-34-26-18-10-2)97(102(93-85-77-69-61-53-45-37-29-21-13-5)94-86-78-70-62-54-46-38-30-22-14-6)101-98(100(91-83-75-67-59-51-43-35-27-19-11-3)92-84-76-68-60-52-44-36-28-20-12-4)103(95-87-79-71-63-55-47-39-31-23-15-7)96-88-80-72-64-56-48-40-32-24-16-8/h9-96H2,1-8H3. The van der Waals surface area contributed by atoms with Crippen LogP contribution in [0.5, 0.6) is 0 Å². The van der Waals surface area contributed by atoms with Gasteiger partial charge >= 0.3 is 0 Å². The van der Waals surface area contributed by atoms with Crippen molar-refractivity contribution in [2.24, 2.45) is 0 Å². The van der Waals surface area contributed by atoms with Crippen molar-refractivity contribution in [2.75, 3.05) is 49.2 Å². The van der Waals surface area contributed by atoms with Gasteiger partial charge in [0.05, 0.1) is 8.64 Å². The van der Waals surface area contributed by atoms with E-state index in [1.54, 1.807) is 0 Å². The number of unbranched alkanes of at least 4 members (excludes halogenated alkanes) is 72. The molecule has 0 saturated carbocycles. The van der Waals surface area contributed by atoms with Gasteiger partial charge in [-0.3, -0.25) is 9.80 Å². The summed E-state index contributed by atoms with van der Waals surface area (Å²) < 4.78 is 3.93. The molecule has 0 bridgehead atoms. The van der Waals surface area contributed by atoms with Crippen molar-refractivity contribution >= 4 is 41.4 Å². The Labute approximate surface area is 664 Å². The molecule has 0 rings (SSSR count). The van der Waals surface area contributed by atoms with Crippen LogP contribution in [-0.2, 0) is 0 Å². The topological polar surface area (TPSA) is 6.48 Å². The average molecular weight is 1500 g/mol. The van der Waals surface area contributed by atoms with Crippen molar-refractivity contribution in [1.82, 2.24) is 9.80 Å². The van der Waals surface area contributed by atoms with Gasteiger partial charge in [0, 0.05) is 26.2 Å². The molecule has 0 atom stereocenters. The fraction of sp³-hybridized carbons (Fsp3) is 0.980. The van der Waals surface area contributed by atoms with Crippen LogP contribution in [0.3, 0.4) is 0 Å². The van der Waals surface area contributed by atoms with Crippen molar-refractivity contribution in [3.05, 3.63) is 0 Å². The van der Waals surface area contributed by atoms with Gasteiger partial charge in [-0.2, -0.15) is 21.0 Å². The van der Waals surface area contributed by atoms with Crippen molar-refractivity contribution in [3.63, 3.8) is 0 Å². The maximum Gasteiger partial charge on any atom is 0.0821 e. The quantitative estimate of drug-likeness (QED) is 0.0443. The van der Waals surface area contributed by atoms with Gasteiger partial charge in [0.25, 0.3) is 0 Å². The lowest BCUT2D eigenvalue weighted by Gasteiger charge is -2.34. The molecular formula is C98H200N2S3. The van der Waals surface area contributed by atoms with E-state index in [1.807, 2.05) is 8.64 Å². The molecule has 0 unspecified atom stereocenters. The Kier molecular flexibility index (Phi) is 92.2. The minimum absolute atomic E-state index is 0.304. The van der Waals surface area contributed by atoms with Crippen molar-refractivity contribution in [1.29, 1.82) is 0 Å². The van der Waals surface area contributed by atoms with Crippen LogP contribution >= 0.6 is 32.7 Å². The first-order valence-corrected chi connectivity index (χ1v) is 53.3. The van der Waals surface area contributed by atoms with E-state index in [0.29, 0.717) is 21.0 Å². The first-order valence-electron chi connectivity index (χ1n) is 49.3. The lowest BCUT2D eigenvalue weighted by molar-refractivity contribution is 0.391. The largest absolute Gasteiger partial charge is 0.264 e. The van der Waals surface area contributed by atoms with E-state index in [2.05, 4.69) is 77.0 Å². The van der Waals surface area contributed by atoms with Crippen LogP contribution in [0.2, 0.25) is 0 Å². The highest BCUT2D eigenvalue weighted by Crippen LogP contribution is 2.37. The molecule has 0 aliphatic rings. The molecule has 2 nitrogen and oxygen atoms in total. The molecule has 0 radical (unpaired) electrons. The molecule has 0 amide bonds. The summed E-state index contributed by atoms with van der Waals surface area (Å²) in [6.07, 6.45) is 116. The monoisotopic (exact) mass is 1500 g/mol. The van der Waals surface area contributed by atoms with Gasteiger partial charge in [-0.15, -0.1) is 0 Å². The van der Waals surface area contributed by atoms with Gasteiger partial charge < -0.3 is 0 Å².